The maximum absolute atomic E-state index is 15.0. The van der Waals surface area contributed by atoms with Gasteiger partial charge in [-0.15, -0.1) is 0 Å². The Hall–Kier alpha value is -0.530. The highest BCUT2D eigenvalue weighted by atomic mass is 19.3. The van der Waals surface area contributed by atoms with Gasteiger partial charge in [-0.2, -0.15) is 8.78 Å². The first-order valence-electron chi connectivity index (χ1n) is 13.3. The highest BCUT2D eigenvalue weighted by Gasteiger charge is 2.56. The molecule has 4 saturated carbocycles. The average molecular weight is 501 g/mol. The Labute approximate surface area is 198 Å². The van der Waals surface area contributed by atoms with Crippen molar-refractivity contribution in [1.82, 2.24) is 0 Å². The van der Waals surface area contributed by atoms with Gasteiger partial charge in [-0.25, -0.2) is 22.0 Å². The minimum Gasteiger partial charge on any atom is -0.317 e. The lowest BCUT2D eigenvalue weighted by Crippen LogP contribution is -2.52. The van der Waals surface area contributed by atoms with Crippen LogP contribution in [0.5, 0.6) is 0 Å². The van der Waals surface area contributed by atoms with Crippen LogP contribution < -0.4 is 0 Å². The van der Waals surface area contributed by atoms with E-state index in [4.69, 9.17) is 0 Å². The molecular formula is C26H39F7O. The van der Waals surface area contributed by atoms with Crippen LogP contribution in [0.4, 0.5) is 30.7 Å². The van der Waals surface area contributed by atoms with E-state index in [0.717, 1.165) is 37.5 Å². The number of rotatable bonds is 5. The van der Waals surface area contributed by atoms with Crippen molar-refractivity contribution < 1.29 is 35.5 Å². The number of hydrogen-bond donors (Lipinski definition) is 0. The largest absolute Gasteiger partial charge is 0.364 e. The Balaban J connectivity index is 1.29. The van der Waals surface area contributed by atoms with Crippen LogP contribution in [0.15, 0.2) is 0 Å². The van der Waals surface area contributed by atoms with Crippen molar-refractivity contribution in [3.8, 4) is 0 Å². The molecule has 0 aromatic rings. The Morgan fingerprint density at radius 1 is 0.559 bits per heavy atom. The normalized spacial score (nSPS) is 49.1. The average Bonchev–Trinajstić information content (AvgIpc) is 2.77. The van der Waals surface area contributed by atoms with Crippen molar-refractivity contribution in [3.05, 3.63) is 0 Å². The number of halogens is 7. The van der Waals surface area contributed by atoms with E-state index in [1.54, 1.807) is 0 Å². The summed E-state index contributed by atoms with van der Waals surface area (Å²) in [6, 6.07) is 0. The minimum atomic E-state index is -4.20. The molecule has 4 fully saturated rings. The van der Waals surface area contributed by atoms with Crippen LogP contribution in [0.3, 0.4) is 0 Å². The molecule has 0 aliphatic heterocycles. The van der Waals surface area contributed by atoms with Crippen molar-refractivity contribution in [3.63, 3.8) is 0 Å². The van der Waals surface area contributed by atoms with Gasteiger partial charge in [0.2, 0.25) is 0 Å². The molecule has 0 saturated heterocycles. The molecule has 0 heterocycles. The molecule has 198 valence electrons. The highest BCUT2D eigenvalue weighted by molar-refractivity contribution is 4.96. The van der Waals surface area contributed by atoms with Crippen LogP contribution in [0, 0.1) is 35.5 Å². The molecule has 0 N–H and O–H groups in total. The summed E-state index contributed by atoms with van der Waals surface area (Å²) in [4.78, 5) is 0. The number of ether oxygens (including phenoxy) is 1. The third kappa shape index (κ3) is 5.88. The molecule has 4 aliphatic rings. The van der Waals surface area contributed by atoms with E-state index < -0.39 is 61.8 Å². The van der Waals surface area contributed by atoms with Crippen molar-refractivity contribution in [1.29, 1.82) is 0 Å². The second-order valence-corrected chi connectivity index (χ2v) is 11.7. The van der Waals surface area contributed by atoms with Gasteiger partial charge in [0, 0.05) is 12.8 Å². The van der Waals surface area contributed by atoms with Gasteiger partial charge >= 0.3 is 6.11 Å². The van der Waals surface area contributed by atoms with E-state index in [1.165, 1.54) is 25.7 Å². The summed E-state index contributed by atoms with van der Waals surface area (Å²) in [6.45, 7) is 2.29. The lowest BCUT2D eigenvalue weighted by Gasteiger charge is -2.44. The molecular weight excluding hydrogens is 461 g/mol. The predicted molar refractivity (Wildman–Crippen MR) is 116 cm³/mol. The topological polar surface area (TPSA) is 9.23 Å². The third-order valence-corrected chi connectivity index (χ3v) is 9.42. The Morgan fingerprint density at radius 3 is 1.44 bits per heavy atom. The van der Waals surface area contributed by atoms with Crippen LogP contribution in [0.2, 0.25) is 0 Å². The fourth-order valence-electron chi connectivity index (χ4n) is 7.33. The first kappa shape index (κ1) is 26.5. The van der Waals surface area contributed by atoms with E-state index in [-0.39, 0.29) is 24.7 Å². The van der Waals surface area contributed by atoms with Crippen LogP contribution in [0.1, 0.15) is 84.0 Å². The van der Waals surface area contributed by atoms with Crippen LogP contribution >= 0.6 is 0 Å². The summed E-state index contributed by atoms with van der Waals surface area (Å²) in [5, 5.41) is 0. The number of alkyl halides is 7. The smallest absolute Gasteiger partial charge is 0.317 e. The monoisotopic (exact) mass is 500 g/mol. The van der Waals surface area contributed by atoms with Crippen molar-refractivity contribution in [2.24, 2.45) is 35.5 Å². The van der Waals surface area contributed by atoms with Crippen molar-refractivity contribution in [2.45, 2.75) is 127 Å². The standard InChI is InChI=1S/C26H39F7O/c1-14-2-4-15(5-3-14)16-6-8-17(9-7-16)18-10-20(27)24(21(28)11-18)26(32,33)34-19-12-22(29)25(31)23(30)13-19/h14-25H,2-13H2,1H3. The first-order chi connectivity index (χ1) is 16.0. The first-order valence-corrected chi connectivity index (χ1v) is 13.3. The molecule has 0 bridgehead atoms. The molecule has 4 rings (SSSR count). The fourth-order valence-corrected chi connectivity index (χ4v) is 7.33. The third-order valence-electron chi connectivity index (χ3n) is 9.42. The zero-order chi connectivity index (χ0) is 24.6. The summed E-state index contributed by atoms with van der Waals surface area (Å²) in [7, 11) is 0. The molecule has 4 aliphatic carbocycles. The minimum absolute atomic E-state index is 0.144. The quantitative estimate of drug-likeness (QED) is 0.347. The van der Waals surface area contributed by atoms with E-state index in [1.807, 2.05) is 0 Å². The molecule has 0 radical (unpaired) electrons. The van der Waals surface area contributed by atoms with Gasteiger partial charge in [-0.1, -0.05) is 19.8 Å². The van der Waals surface area contributed by atoms with Gasteiger partial charge in [-0.3, -0.25) is 0 Å². The SMILES string of the molecule is CC1CCC(C2CCC(C3CC(F)C(C(F)(F)OC4CC(F)C(F)C(F)C4)C(F)C3)CC2)CC1. The van der Waals surface area contributed by atoms with E-state index >= 15 is 0 Å². The molecule has 8 heteroatoms. The van der Waals surface area contributed by atoms with Gasteiger partial charge < -0.3 is 4.74 Å². The lowest BCUT2D eigenvalue weighted by atomic mass is 9.64. The Bertz CT molecular complexity index is 623. The number of hydrogen-bond acceptors (Lipinski definition) is 1. The summed E-state index contributed by atoms with van der Waals surface area (Å²) in [5.41, 5.74) is 0. The summed E-state index contributed by atoms with van der Waals surface area (Å²) >= 11 is 0. The second kappa shape index (κ2) is 10.8. The van der Waals surface area contributed by atoms with Gasteiger partial charge in [0.25, 0.3) is 0 Å². The lowest BCUT2D eigenvalue weighted by molar-refractivity contribution is -0.323. The molecule has 0 amide bonds. The van der Waals surface area contributed by atoms with Crippen molar-refractivity contribution in [2.75, 3.05) is 0 Å². The van der Waals surface area contributed by atoms with Crippen molar-refractivity contribution >= 4 is 0 Å². The van der Waals surface area contributed by atoms with Gasteiger partial charge in [-0.05, 0) is 81.0 Å². The Morgan fingerprint density at radius 2 is 0.971 bits per heavy atom. The maximum atomic E-state index is 15.0. The molecule has 1 nitrogen and oxygen atoms in total. The van der Waals surface area contributed by atoms with E-state index in [9.17, 15) is 30.7 Å². The maximum Gasteiger partial charge on any atom is 0.364 e. The Kier molecular flexibility index (Phi) is 8.46. The van der Waals surface area contributed by atoms with Gasteiger partial charge in [0.05, 0.1) is 6.10 Å². The molecule has 0 spiro atoms. The molecule has 4 atom stereocenters. The van der Waals surface area contributed by atoms with Crippen LogP contribution in [-0.4, -0.2) is 43.1 Å². The van der Waals surface area contributed by atoms with Crippen LogP contribution in [0.25, 0.3) is 0 Å². The zero-order valence-electron chi connectivity index (χ0n) is 20.0. The van der Waals surface area contributed by atoms with E-state index in [0.29, 0.717) is 5.92 Å². The molecule has 34 heavy (non-hydrogen) atoms. The van der Waals surface area contributed by atoms with Gasteiger partial charge in [0.15, 0.2) is 6.17 Å². The molecule has 0 aromatic heterocycles. The highest BCUT2D eigenvalue weighted by Crippen LogP contribution is 2.50. The van der Waals surface area contributed by atoms with Gasteiger partial charge in [0.1, 0.15) is 30.6 Å². The summed E-state index contributed by atoms with van der Waals surface area (Å²) in [5.74, 6) is -0.237. The second-order valence-electron chi connectivity index (χ2n) is 11.7. The summed E-state index contributed by atoms with van der Waals surface area (Å²) in [6.07, 6.45) is -9.78. The zero-order valence-corrected chi connectivity index (χ0v) is 20.0. The molecule has 4 unspecified atom stereocenters. The predicted octanol–water partition coefficient (Wildman–Crippen LogP) is 8.11. The fraction of sp³-hybridized carbons (Fsp3) is 1.00. The van der Waals surface area contributed by atoms with Crippen LogP contribution in [-0.2, 0) is 4.74 Å². The van der Waals surface area contributed by atoms with E-state index in [2.05, 4.69) is 11.7 Å². The molecule has 0 aromatic carbocycles. The summed E-state index contributed by atoms with van der Waals surface area (Å²) < 4.78 is 104.